The molecule has 2 aliphatic heterocycles. The second-order valence-electron chi connectivity index (χ2n) is 7.22. The number of rotatable bonds is 4. The van der Waals surface area contributed by atoms with E-state index in [1.54, 1.807) is 11.1 Å². The van der Waals surface area contributed by atoms with Gasteiger partial charge in [0.15, 0.2) is 6.04 Å². The van der Waals surface area contributed by atoms with Gasteiger partial charge in [-0.25, -0.2) is 0 Å². The standard InChI is InChI=1S/C18H30N4/c1-4-7-21-8-10-22(11-9-21)18-14-19-13-15-12-16(20(2)3)5-6-17(15)18/h5-6,12,18-19H,4,7-11,13-14H2,1-3H3/p+3/t18-/m1/s1. The number of nitrogens with zero attached hydrogens (tertiary/aromatic N) is 1. The third kappa shape index (κ3) is 3.29. The van der Waals surface area contributed by atoms with Gasteiger partial charge in [0.2, 0.25) is 0 Å². The molecule has 1 aromatic carbocycles. The lowest BCUT2D eigenvalue weighted by molar-refractivity contribution is -1.03. The molecule has 0 aromatic heterocycles. The first-order chi connectivity index (χ1) is 10.7. The molecular formula is C18H33N4+3. The molecule has 1 atom stereocenters. The number of piperazine rings is 1. The fourth-order valence-electron chi connectivity index (χ4n) is 4.18. The van der Waals surface area contributed by atoms with Gasteiger partial charge in [0, 0.05) is 30.9 Å². The lowest BCUT2D eigenvalue weighted by Gasteiger charge is -2.36. The zero-order chi connectivity index (χ0) is 15.5. The maximum atomic E-state index is 2.50. The Morgan fingerprint density at radius 1 is 1.18 bits per heavy atom. The van der Waals surface area contributed by atoms with Crippen LogP contribution >= 0.6 is 0 Å². The van der Waals surface area contributed by atoms with Gasteiger partial charge >= 0.3 is 0 Å². The Balaban J connectivity index is 1.72. The minimum atomic E-state index is 0.697. The van der Waals surface area contributed by atoms with Crippen molar-refractivity contribution in [2.45, 2.75) is 25.9 Å². The van der Waals surface area contributed by atoms with Crippen LogP contribution in [-0.2, 0) is 6.54 Å². The number of fused-ring (bicyclic) bond motifs is 1. The summed E-state index contributed by atoms with van der Waals surface area (Å²) in [6, 6.07) is 7.80. The third-order valence-electron chi connectivity index (χ3n) is 5.48. The zero-order valence-corrected chi connectivity index (χ0v) is 14.5. The van der Waals surface area contributed by atoms with Gasteiger partial charge in [0.1, 0.15) is 39.3 Å². The average molecular weight is 305 g/mol. The molecule has 122 valence electrons. The second kappa shape index (κ2) is 6.99. The summed E-state index contributed by atoms with van der Waals surface area (Å²) in [5.74, 6) is 0. The minimum absolute atomic E-state index is 0.697. The van der Waals surface area contributed by atoms with Gasteiger partial charge in [-0.15, -0.1) is 0 Å². The van der Waals surface area contributed by atoms with Crippen molar-refractivity contribution in [3.05, 3.63) is 29.3 Å². The van der Waals surface area contributed by atoms with Gasteiger partial charge < -0.3 is 20.0 Å². The molecule has 0 saturated carbocycles. The fraction of sp³-hybridized carbons (Fsp3) is 0.667. The quantitative estimate of drug-likeness (QED) is 0.594. The van der Waals surface area contributed by atoms with E-state index < -0.39 is 0 Å². The highest BCUT2D eigenvalue weighted by Gasteiger charge is 2.35. The van der Waals surface area contributed by atoms with Crippen molar-refractivity contribution in [3.8, 4) is 0 Å². The molecule has 2 aliphatic rings. The molecule has 1 fully saturated rings. The van der Waals surface area contributed by atoms with Crippen LogP contribution in [-0.4, -0.2) is 53.4 Å². The lowest BCUT2D eigenvalue weighted by Crippen LogP contribution is -3.29. The Hall–Kier alpha value is -1.10. The van der Waals surface area contributed by atoms with E-state index in [0.717, 1.165) is 6.54 Å². The molecule has 4 heteroatoms. The number of hydrogen-bond acceptors (Lipinski definition) is 1. The molecule has 0 bridgehead atoms. The first kappa shape index (κ1) is 15.8. The molecular weight excluding hydrogens is 272 g/mol. The van der Waals surface area contributed by atoms with Crippen LogP contribution in [0.15, 0.2) is 18.2 Å². The molecule has 4 nitrogen and oxygen atoms in total. The van der Waals surface area contributed by atoms with E-state index in [-0.39, 0.29) is 0 Å². The van der Waals surface area contributed by atoms with Crippen LogP contribution in [0, 0.1) is 0 Å². The predicted octanol–water partition coefficient (Wildman–Crippen LogP) is -1.94. The molecule has 0 radical (unpaired) electrons. The van der Waals surface area contributed by atoms with Crippen molar-refractivity contribution in [3.63, 3.8) is 0 Å². The van der Waals surface area contributed by atoms with Crippen LogP contribution in [0.2, 0.25) is 0 Å². The normalized spacial score (nSPS) is 28.2. The summed E-state index contributed by atoms with van der Waals surface area (Å²) >= 11 is 0. The summed E-state index contributed by atoms with van der Waals surface area (Å²) in [7, 11) is 4.26. The third-order valence-corrected chi connectivity index (χ3v) is 5.48. The van der Waals surface area contributed by atoms with Crippen LogP contribution in [0.3, 0.4) is 0 Å². The van der Waals surface area contributed by atoms with Crippen molar-refractivity contribution >= 4 is 5.69 Å². The molecule has 0 spiro atoms. The number of hydrogen-bond donors (Lipinski definition) is 3. The summed E-state index contributed by atoms with van der Waals surface area (Å²) in [5.41, 5.74) is 4.50. The smallest absolute Gasteiger partial charge is 0.163 e. The molecule has 0 unspecified atom stereocenters. The molecule has 4 N–H and O–H groups in total. The average Bonchev–Trinajstić information content (AvgIpc) is 2.55. The Bertz CT molecular complexity index is 492. The SMILES string of the molecule is CCC[NH+]1CC[NH+]([C@@H]2C[NH2+]Cc3cc(N(C)C)ccc32)CC1. The van der Waals surface area contributed by atoms with E-state index in [1.807, 2.05) is 9.80 Å². The Labute approximate surface area is 135 Å². The summed E-state index contributed by atoms with van der Waals surface area (Å²) < 4.78 is 0. The highest BCUT2D eigenvalue weighted by atomic mass is 15.3. The molecule has 0 aliphatic carbocycles. The fourth-order valence-corrected chi connectivity index (χ4v) is 4.18. The molecule has 3 rings (SSSR count). The number of nitrogens with two attached hydrogens (primary N) is 1. The Kier molecular flexibility index (Phi) is 5.01. The first-order valence-corrected chi connectivity index (χ1v) is 8.99. The largest absolute Gasteiger partial charge is 0.378 e. The maximum absolute atomic E-state index is 2.50. The van der Waals surface area contributed by atoms with Gasteiger partial charge in [-0.2, -0.15) is 0 Å². The van der Waals surface area contributed by atoms with E-state index in [9.17, 15) is 0 Å². The van der Waals surface area contributed by atoms with Gasteiger partial charge in [-0.1, -0.05) is 13.0 Å². The van der Waals surface area contributed by atoms with E-state index in [0.29, 0.717) is 6.04 Å². The van der Waals surface area contributed by atoms with E-state index in [2.05, 4.69) is 49.4 Å². The summed E-state index contributed by atoms with van der Waals surface area (Å²) in [4.78, 5) is 5.84. The van der Waals surface area contributed by atoms with Crippen LogP contribution < -0.4 is 20.0 Å². The summed E-state index contributed by atoms with van der Waals surface area (Å²) in [5, 5.41) is 2.50. The van der Waals surface area contributed by atoms with E-state index in [1.165, 1.54) is 51.4 Å². The van der Waals surface area contributed by atoms with Gasteiger partial charge in [0.05, 0.1) is 6.54 Å². The number of anilines is 1. The highest BCUT2D eigenvalue weighted by Crippen LogP contribution is 2.22. The maximum Gasteiger partial charge on any atom is 0.163 e. The highest BCUT2D eigenvalue weighted by molar-refractivity contribution is 5.50. The minimum Gasteiger partial charge on any atom is -0.378 e. The van der Waals surface area contributed by atoms with Gasteiger partial charge in [-0.05, 0) is 18.6 Å². The van der Waals surface area contributed by atoms with Crippen molar-refractivity contribution in [1.82, 2.24) is 0 Å². The monoisotopic (exact) mass is 305 g/mol. The van der Waals surface area contributed by atoms with Crippen LogP contribution in [0.4, 0.5) is 5.69 Å². The molecule has 1 saturated heterocycles. The molecule has 0 amide bonds. The molecule has 22 heavy (non-hydrogen) atoms. The Morgan fingerprint density at radius 2 is 1.95 bits per heavy atom. The van der Waals surface area contributed by atoms with Gasteiger partial charge in [0.25, 0.3) is 0 Å². The molecule has 2 heterocycles. The number of nitrogens with one attached hydrogen (secondary N) is 2. The van der Waals surface area contributed by atoms with Crippen molar-refractivity contribution < 1.29 is 15.1 Å². The topological polar surface area (TPSA) is 28.7 Å². The van der Waals surface area contributed by atoms with E-state index in [4.69, 9.17) is 0 Å². The number of quaternary nitrogens is 3. The Morgan fingerprint density at radius 3 is 2.64 bits per heavy atom. The van der Waals surface area contributed by atoms with Crippen molar-refractivity contribution in [2.24, 2.45) is 0 Å². The zero-order valence-electron chi connectivity index (χ0n) is 14.5. The summed E-state index contributed by atoms with van der Waals surface area (Å²) in [6.07, 6.45) is 1.32. The molecule has 1 aromatic rings. The lowest BCUT2D eigenvalue weighted by atomic mass is 9.94. The van der Waals surface area contributed by atoms with E-state index >= 15 is 0 Å². The van der Waals surface area contributed by atoms with Crippen molar-refractivity contribution in [2.75, 3.05) is 58.3 Å². The van der Waals surface area contributed by atoms with Crippen LogP contribution in [0.5, 0.6) is 0 Å². The first-order valence-electron chi connectivity index (χ1n) is 8.99. The predicted molar refractivity (Wildman–Crippen MR) is 90.6 cm³/mol. The van der Waals surface area contributed by atoms with Crippen molar-refractivity contribution in [1.29, 1.82) is 0 Å². The van der Waals surface area contributed by atoms with Crippen LogP contribution in [0.1, 0.15) is 30.5 Å². The number of benzene rings is 1. The summed E-state index contributed by atoms with van der Waals surface area (Å²) in [6.45, 7) is 11.4. The van der Waals surface area contributed by atoms with Crippen LogP contribution in [0.25, 0.3) is 0 Å². The van der Waals surface area contributed by atoms with Gasteiger partial charge in [-0.3, -0.25) is 0 Å². The second-order valence-corrected chi connectivity index (χ2v) is 7.22.